The van der Waals surface area contributed by atoms with E-state index in [9.17, 15) is 9.59 Å². The molecule has 2 aromatic rings. The number of carbonyl (C=O) groups excluding carboxylic acids is 2. The first-order valence-electron chi connectivity index (χ1n) is 8.80. The van der Waals surface area contributed by atoms with Crippen LogP contribution in [0.15, 0.2) is 24.3 Å². The molecule has 1 aromatic heterocycles. The number of esters is 1. The Morgan fingerprint density at radius 3 is 2.69 bits per heavy atom. The molecule has 1 saturated carbocycles. The van der Waals surface area contributed by atoms with Gasteiger partial charge in [-0.25, -0.2) is 9.78 Å². The van der Waals surface area contributed by atoms with Gasteiger partial charge in [0.05, 0.1) is 16.6 Å². The zero-order valence-corrected chi connectivity index (χ0v) is 16.1. The van der Waals surface area contributed by atoms with E-state index < -0.39 is 11.7 Å². The summed E-state index contributed by atoms with van der Waals surface area (Å²) in [5.74, 6) is -0.0188. The van der Waals surface area contributed by atoms with Crippen molar-refractivity contribution in [3.05, 3.63) is 29.3 Å². The molecular formula is C19H24N2O4S. The molecule has 0 radical (unpaired) electrons. The average Bonchev–Trinajstić information content (AvgIpc) is 3.30. The molecule has 1 heterocycles. The number of nitrogens with one attached hydrogen (secondary N) is 1. The van der Waals surface area contributed by atoms with Gasteiger partial charge in [-0.1, -0.05) is 12.1 Å². The largest absolute Gasteiger partial charge is 0.458 e. The first kappa shape index (κ1) is 18.6. The van der Waals surface area contributed by atoms with Gasteiger partial charge in [-0.3, -0.25) is 4.79 Å². The number of carbonyl (C=O) groups is 2. The highest BCUT2D eigenvalue weighted by Gasteiger charge is 2.35. The summed E-state index contributed by atoms with van der Waals surface area (Å²) in [6.07, 6.45) is 1.67. The summed E-state index contributed by atoms with van der Waals surface area (Å²) >= 11 is 1.52. The molecule has 0 spiro atoms. The molecule has 26 heavy (non-hydrogen) atoms. The van der Waals surface area contributed by atoms with Crippen LogP contribution >= 0.6 is 11.3 Å². The number of hydrogen-bond acceptors (Lipinski definition) is 6. The van der Waals surface area contributed by atoms with Crippen molar-refractivity contribution in [3.63, 3.8) is 0 Å². The summed E-state index contributed by atoms with van der Waals surface area (Å²) in [5.41, 5.74) is 0.344. The van der Waals surface area contributed by atoms with Crippen molar-refractivity contribution in [1.29, 1.82) is 0 Å². The lowest BCUT2D eigenvalue weighted by atomic mass is 10.1. The van der Waals surface area contributed by atoms with Crippen LogP contribution in [-0.4, -0.2) is 28.7 Å². The monoisotopic (exact) mass is 376 g/mol. The van der Waals surface area contributed by atoms with Crippen molar-refractivity contribution in [2.75, 3.05) is 0 Å². The van der Waals surface area contributed by atoms with Gasteiger partial charge in [-0.15, -0.1) is 11.3 Å². The number of nitrogens with zero attached hydrogens (tertiary/aromatic N) is 1. The first-order valence-corrected chi connectivity index (χ1v) is 9.61. The Labute approximate surface area is 156 Å². The minimum atomic E-state index is -0.564. The SMILES string of the molecule is CC(C)(C)OC(=O)NC(CC(=O)OCc1nc2ccccc2s1)C1CC1. The van der Waals surface area contributed by atoms with Crippen molar-refractivity contribution in [3.8, 4) is 0 Å². The van der Waals surface area contributed by atoms with Crippen LogP contribution in [0.1, 0.15) is 45.0 Å². The molecule has 1 N–H and O–H groups in total. The van der Waals surface area contributed by atoms with E-state index in [1.54, 1.807) is 0 Å². The number of fused-ring (bicyclic) bond motifs is 1. The van der Waals surface area contributed by atoms with Gasteiger partial charge in [0.15, 0.2) is 0 Å². The number of aromatic nitrogens is 1. The third-order valence-corrected chi connectivity index (χ3v) is 4.98. The topological polar surface area (TPSA) is 77.5 Å². The molecular weight excluding hydrogens is 352 g/mol. The molecule has 1 unspecified atom stereocenters. The lowest BCUT2D eigenvalue weighted by Gasteiger charge is -2.23. The van der Waals surface area contributed by atoms with Crippen LogP contribution < -0.4 is 5.32 Å². The van der Waals surface area contributed by atoms with Crippen molar-refractivity contribution in [1.82, 2.24) is 10.3 Å². The van der Waals surface area contributed by atoms with E-state index in [0.29, 0.717) is 5.92 Å². The Morgan fingerprint density at radius 2 is 2.04 bits per heavy atom. The molecule has 1 aliphatic carbocycles. The summed E-state index contributed by atoms with van der Waals surface area (Å²) in [5, 5.41) is 3.58. The Hall–Kier alpha value is -2.15. The Morgan fingerprint density at radius 1 is 1.31 bits per heavy atom. The van der Waals surface area contributed by atoms with Crippen molar-refractivity contribution in [2.45, 2.75) is 58.3 Å². The van der Waals surface area contributed by atoms with Gasteiger partial charge in [0, 0.05) is 6.04 Å². The standard InChI is InChI=1S/C19H24N2O4S/c1-19(2,3)25-18(23)21-14(12-8-9-12)10-17(22)24-11-16-20-13-6-4-5-7-15(13)26-16/h4-7,12,14H,8-11H2,1-3H3,(H,21,23). The molecule has 3 rings (SSSR count). The maximum atomic E-state index is 12.2. The third kappa shape index (κ3) is 5.42. The third-order valence-electron chi connectivity index (χ3n) is 3.97. The van der Waals surface area contributed by atoms with Crippen LogP contribution in [0.3, 0.4) is 0 Å². The van der Waals surface area contributed by atoms with Gasteiger partial charge in [-0.2, -0.15) is 0 Å². The number of rotatable bonds is 6. The summed E-state index contributed by atoms with van der Waals surface area (Å²) in [6, 6.07) is 7.57. The van der Waals surface area contributed by atoms with Crippen LogP contribution in [-0.2, 0) is 20.9 Å². The number of ether oxygens (including phenoxy) is 2. The number of thiazole rings is 1. The fourth-order valence-corrected chi connectivity index (χ4v) is 3.54. The van der Waals surface area contributed by atoms with Crippen LogP contribution in [0.5, 0.6) is 0 Å². The molecule has 140 valence electrons. The van der Waals surface area contributed by atoms with E-state index >= 15 is 0 Å². The van der Waals surface area contributed by atoms with Crippen molar-refractivity contribution >= 4 is 33.6 Å². The number of hydrogen-bond donors (Lipinski definition) is 1. The zero-order chi connectivity index (χ0) is 18.7. The van der Waals surface area contributed by atoms with Gasteiger partial charge in [0.1, 0.15) is 17.2 Å². The first-order chi connectivity index (χ1) is 12.3. The Kier molecular flexibility index (Phi) is 5.46. The van der Waals surface area contributed by atoms with E-state index in [4.69, 9.17) is 9.47 Å². The van der Waals surface area contributed by atoms with Crippen LogP contribution in [0.4, 0.5) is 4.79 Å². The van der Waals surface area contributed by atoms with E-state index in [1.807, 2.05) is 45.0 Å². The van der Waals surface area contributed by atoms with E-state index in [0.717, 1.165) is 28.1 Å². The number of alkyl carbamates (subject to hydrolysis) is 1. The molecule has 1 aromatic carbocycles. The minimum absolute atomic E-state index is 0.148. The van der Waals surface area contributed by atoms with Gasteiger partial charge >= 0.3 is 12.1 Å². The molecule has 1 atom stereocenters. The highest BCUT2D eigenvalue weighted by atomic mass is 32.1. The van der Waals surface area contributed by atoms with Gasteiger partial charge < -0.3 is 14.8 Å². The molecule has 1 fully saturated rings. The summed E-state index contributed by atoms with van der Waals surface area (Å²) in [7, 11) is 0. The Bertz CT molecular complexity index is 759. The van der Waals surface area contributed by atoms with Gasteiger partial charge in [0.2, 0.25) is 0 Å². The summed E-state index contributed by atoms with van der Waals surface area (Å²) < 4.78 is 11.7. The highest BCUT2D eigenvalue weighted by Crippen LogP contribution is 2.34. The number of para-hydroxylation sites is 1. The molecule has 0 aliphatic heterocycles. The smallest absolute Gasteiger partial charge is 0.407 e. The molecule has 0 bridgehead atoms. The fraction of sp³-hybridized carbons (Fsp3) is 0.526. The average molecular weight is 376 g/mol. The second-order valence-corrected chi connectivity index (χ2v) is 8.65. The number of amides is 1. The normalized spacial score (nSPS) is 15.5. The maximum Gasteiger partial charge on any atom is 0.407 e. The van der Waals surface area contributed by atoms with Crippen molar-refractivity contribution < 1.29 is 19.1 Å². The molecule has 1 aliphatic rings. The predicted octanol–water partition coefficient (Wildman–Crippen LogP) is 4.03. The lowest BCUT2D eigenvalue weighted by molar-refractivity contribution is -0.145. The quantitative estimate of drug-likeness (QED) is 0.770. The fourth-order valence-electron chi connectivity index (χ4n) is 2.66. The maximum absolute atomic E-state index is 12.2. The van der Waals surface area contributed by atoms with E-state index in [1.165, 1.54) is 11.3 Å². The zero-order valence-electron chi connectivity index (χ0n) is 15.3. The Balaban J connectivity index is 1.51. The minimum Gasteiger partial charge on any atom is -0.458 e. The second-order valence-electron chi connectivity index (χ2n) is 7.53. The lowest BCUT2D eigenvalue weighted by Crippen LogP contribution is -2.41. The highest BCUT2D eigenvalue weighted by molar-refractivity contribution is 7.18. The number of benzene rings is 1. The predicted molar refractivity (Wildman–Crippen MR) is 99.9 cm³/mol. The van der Waals surface area contributed by atoms with Crippen LogP contribution in [0.25, 0.3) is 10.2 Å². The van der Waals surface area contributed by atoms with E-state index in [-0.39, 0.29) is 25.0 Å². The molecule has 1 amide bonds. The molecule has 7 heteroatoms. The molecule has 6 nitrogen and oxygen atoms in total. The van der Waals surface area contributed by atoms with E-state index in [2.05, 4.69) is 10.3 Å². The van der Waals surface area contributed by atoms with Crippen molar-refractivity contribution in [2.24, 2.45) is 5.92 Å². The van der Waals surface area contributed by atoms with Gasteiger partial charge in [0.25, 0.3) is 0 Å². The van der Waals surface area contributed by atoms with Crippen LogP contribution in [0.2, 0.25) is 0 Å². The summed E-state index contributed by atoms with van der Waals surface area (Å²) in [4.78, 5) is 28.6. The van der Waals surface area contributed by atoms with Gasteiger partial charge in [-0.05, 0) is 51.7 Å². The second kappa shape index (κ2) is 7.61. The molecule has 0 saturated heterocycles. The van der Waals surface area contributed by atoms with Crippen LogP contribution in [0, 0.1) is 5.92 Å². The summed E-state index contributed by atoms with van der Waals surface area (Å²) in [6.45, 7) is 5.59.